The summed E-state index contributed by atoms with van der Waals surface area (Å²) in [6, 6.07) is 0. The fourth-order valence-electron chi connectivity index (χ4n) is 2.61. The van der Waals surface area contributed by atoms with Gasteiger partial charge in [-0.2, -0.15) is 0 Å². The van der Waals surface area contributed by atoms with Gasteiger partial charge in [0.2, 0.25) is 11.0 Å². The minimum atomic E-state index is -0.788. The van der Waals surface area contributed by atoms with Crippen molar-refractivity contribution in [1.82, 2.24) is 10.2 Å². The summed E-state index contributed by atoms with van der Waals surface area (Å²) in [5, 5.41) is 12.0. The maximum absolute atomic E-state index is 12.3. The van der Waals surface area contributed by atoms with Crippen LogP contribution in [0.3, 0.4) is 0 Å². The lowest BCUT2D eigenvalue weighted by atomic mass is 9.90. The Morgan fingerprint density at radius 2 is 2.24 bits per heavy atom. The lowest BCUT2D eigenvalue weighted by Crippen LogP contribution is -2.36. The van der Waals surface area contributed by atoms with E-state index >= 15 is 0 Å². The monoisotopic (exact) mass is 311 g/mol. The van der Waals surface area contributed by atoms with Gasteiger partial charge in [-0.25, -0.2) is 0 Å². The number of ether oxygens (including phenoxy) is 2. The van der Waals surface area contributed by atoms with Crippen LogP contribution in [0.1, 0.15) is 44.2 Å². The van der Waals surface area contributed by atoms with Crippen molar-refractivity contribution >= 4 is 28.3 Å². The molecule has 21 heavy (non-hydrogen) atoms. The quantitative estimate of drug-likeness (QED) is 0.854. The summed E-state index contributed by atoms with van der Waals surface area (Å²) in [7, 11) is 0. The molecule has 2 saturated heterocycles. The molecule has 1 amide bonds. The Balaban J connectivity index is 1.66. The first-order valence-electron chi connectivity index (χ1n) is 6.93. The minimum absolute atomic E-state index is 0.0130. The summed E-state index contributed by atoms with van der Waals surface area (Å²) in [5.41, 5.74) is -0.788. The van der Waals surface area contributed by atoms with Crippen LogP contribution >= 0.6 is 11.3 Å². The second kappa shape index (κ2) is 5.34. The van der Waals surface area contributed by atoms with Crippen LogP contribution in [-0.2, 0) is 19.1 Å². The third-order valence-electron chi connectivity index (χ3n) is 3.78. The number of amides is 1. The number of carbonyl (C=O) groups excluding carboxylic acids is 2. The topological polar surface area (TPSA) is 90.4 Å². The highest BCUT2D eigenvalue weighted by atomic mass is 32.1. The highest BCUT2D eigenvalue weighted by molar-refractivity contribution is 7.15. The Bertz CT molecular complexity index is 566. The van der Waals surface area contributed by atoms with Crippen LogP contribution in [0.15, 0.2) is 0 Å². The number of esters is 1. The SMILES string of the molecule is CC1(C)OC(=O)C[C@@H]1C(=O)Nc1nnc([C@@H]2CCCO2)s1. The second-order valence-electron chi connectivity index (χ2n) is 5.77. The number of aromatic nitrogens is 2. The van der Waals surface area contributed by atoms with Gasteiger partial charge < -0.3 is 14.8 Å². The van der Waals surface area contributed by atoms with Crippen LogP contribution in [-0.4, -0.2) is 34.3 Å². The summed E-state index contributed by atoms with van der Waals surface area (Å²) in [6.07, 6.45) is 2.03. The highest BCUT2D eigenvalue weighted by Gasteiger charge is 2.46. The molecule has 3 rings (SSSR count). The smallest absolute Gasteiger partial charge is 0.307 e. The van der Waals surface area contributed by atoms with E-state index in [4.69, 9.17) is 9.47 Å². The van der Waals surface area contributed by atoms with E-state index in [1.165, 1.54) is 11.3 Å². The van der Waals surface area contributed by atoms with Gasteiger partial charge in [0.1, 0.15) is 16.7 Å². The van der Waals surface area contributed by atoms with Crippen molar-refractivity contribution < 1.29 is 19.1 Å². The molecule has 1 aromatic heterocycles. The summed E-state index contributed by atoms with van der Waals surface area (Å²) < 4.78 is 10.7. The van der Waals surface area contributed by atoms with Crippen LogP contribution in [0, 0.1) is 5.92 Å². The first-order valence-corrected chi connectivity index (χ1v) is 7.75. The number of nitrogens with one attached hydrogen (secondary N) is 1. The van der Waals surface area contributed by atoms with Gasteiger partial charge >= 0.3 is 5.97 Å². The van der Waals surface area contributed by atoms with E-state index in [-0.39, 0.29) is 24.4 Å². The highest BCUT2D eigenvalue weighted by Crippen LogP contribution is 2.35. The molecule has 1 N–H and O–H groups in total. The number of cyclic esters (lactones) is 1. The van der Waals surface area contributed by atoms with E-state index in [2.05, 4.69) is 15.5 Å². The molecule has 114 valence electrons. The predicted octanol–water partition coefficient (Wildman–Crippen LogP) is 1.67. The van der Waals surface area contributed by atoms with Crippen LogP contribution in [0.4, 0.5) is 5.13 Å². The van der Waals surface area contributed by atoms with Crippen molar-refractivity contribution in [2.75, 3.05) is 11.9 Å². The lowest BCUT2D eigenvalue weighted by Gasteiger charge is -2.23. The molecule has 0 unspecified atom stereocenters. The Morgan fingerprint density at radius 1 is 1.43 bits per heavy atom. The van der Waals surface area contributed by atoms with Crippen LogP contribution < -0.4 is 5.32 Å². The summed E-state index contributed by atoms with van der Waals surface area (Å²) in [6.45, 7) is 4.21. The Labute approximate surface area is 126 Å². The first-order chi connectivity index (χ1) is 9.95. The van der Waals surface area contributed by atoms with E-state index in [9.17, 15) is 9.59 Å². The molecule has 1 aromatic rings. The molecular weight excluding hydrogens is 294 g/mol. The maximum Gasteiger partial charge on any atom is 0.307 e. The Kier molecular flexibility index (Phi) is 3.66. The Morgan fingerprint density at radius 3 is 2.86 bits per heavy atom. The molecule has 2 aliphatic heterocycles. The van der Waals surface area contributed by atoms with Crippen molar-refractivity contribution in [1.29, 1.82) is 0 Å². The second-order valence-corrected chi connectivity index (χ2v) is 6.78. The van der Waals surface area contributed by atoms with E-state index in [0.29, 0.717) is 5.13 Å². The normalized spacial score (nSPS) is 27.6. The molecule has 2 aliphatic rings. The van der Waals surface area contributed by atoms with E-state index in [1.54, 1.807) is 13.8 Å². The predicted molar refractivity (Wildman–Crippen MR) is 74.7 cm³/mol. The number of hydrogen-bond acceptors (Lipinski definition) is 7. The standard InChI is InChI=1S/C13H17N3O4S/c1-13(2)7(6-9(17)20-13)10(18)14-12-16-15-11(21-12)8-4-3-5-19-8/h7-8H,3-6H2,1-2H3,(H,14,16,18)/t7-,8+/m1/s1. The molecule has 3 heterocycles. The van der Waals surface area contributed by atoms with Crippen molar-refractivity contribution in [2.24, 2.45) is 5.92 Å². The third kappa shape index (κ3) is 2.91. The van der Waals surface area contributed by atoms with Crippen molar-refractivity contribution in [2.45, 2.75) is 44.8 Å². The zero-order chi connectivity index (χ0) is 15.0. The number of anilines is 1. The van der Waals surface area contributed by atoms with E-state index in [0.717, 1.165) is 24.5 Å². The maximum atomic E-state index is 12.3. The average molecular weight is 311 g/mol. The molecule has 0 saturated carbocycles. The zero-order valence-electron chi connectivity index (χ0n) is 11.9. The third-order valence-corrected chi connectivity index (χ3v) is 4.71. The van der Waals surface area contributed by atoms with Crippen molar-refractivity contribution in [3.63, 3.8) is 0 Å². The van der Waals surface area contributed by atoms with E-state index < -0.39 is 11.5 Å². The molecular formula is C13H17N3O4S. The number of rotatable bonds is 3. The Hall–Kier alpha value is -1.54. The number of hydrogen-bond donors (Lipinski definition) is 1. The van der Waals surface area contributed by atoms with Gasteiger partial charge in [0.15, 0.2) is 0 Å². The molecule has 0 spiro atoms. The van der Waals surface area contributed by atoms with Gasteiger partial charge in [0.05, 0.1) is 12.3 Å². The van der Waals surface area contributed by atoms with Gasteiger partial charge in [-0.1, -0.05) is 11.3 Å². The molecule has 2 atom stereocenters. The number of carbonyl (C=O) groups is 2. The molecule has 0 radical (unpaired) electrons. The summed E-state index contributed by atoms with van der Waals surface area (Å²) in [4.78, 5) is 23.6. The van der Waals surface area contributed by atoms with Crippen LogP contribution in [0.5, 0.6) is 0 Å². The first kappa shape index (κ1) is 14.4. The number of nitrogens with zero attached hydrogens (tertiary/aromatic N) is 2. The molecule has 7 nitrogen and oxygen atoms in total. The van der Waals surface area contributed by atoms with Gasteiger partial charge in [-0.05, 0) is 26.7 Å². The van der Waals surface area contributed by atoms with Crippen LogP contribution in [0.25, 0.3) is 0 Å². The van der Waals surface area contributed by atoms with Gasteiger partial charge in [-0.15, -0.1) is 10.2 Å². The zero-order valence-corrected chi connectivity index (χ0v) is 12.7. The van der Waals surface area contributed by atoms with Gasteiger partial charge in [0, 0.05) is 6.61 Å². The molecule has 2 fully saturated rings. The molecule has 8 heteroatoms. The largest absolute Gasteiger partial charge is 0.459 e. The van der Waals surface area contributed by atoms with Gasteiger partial charge in [-0.3, -0.25) is 9.59 Å². The summed E-state index contributed by atoms with van der Waals surface area (Å²) >= 11 is 1.31. The molecule has 0 aliphatic carbocycles. The summed E-state index contributed by atoms with van der Waals surface area (Å²) in [5.74, 6) is -1.13. The average Bonchev–Trinajstić information content (AvgIpc) is 3.08. The van der Waals surface area contributed by atoms with Crippen molar-refractivity contribution in [3.8, 4) is 0 Å². The van der Waals surface area contributed by atoms with Crippen LogP contribution in [0.2, 0.25) is 0 Å². The lowest BCUT2D eigenvalue weighted by molar-refractivity contribution is -0.147. The molecule has 0 aromatic carbocycles. The van der Waals surface area contributed by atoms with E-state index in [1.807, 2.05) is 0 Å². The van der Waals surface area contributed by atoms with Crippen molar-refractivity contribution in [3.05, 3.63) is 5.01 Å². The van der Waals surface area contributed by atoms with Gasteiger partial charge in [0.25, 0.3) is 0 Å². The fourth-order valence-corrected chi connectivity index (χ4v) is 3.44. The molecule has 0 bridgehead atoms. The minimum Gasteiger partial charge on any atom is -0.459 e. The fraction of sp³-hybridized carbons (Fsp3) is 0.692.